The van der Waals surface area contributed by atoms with Crippen LogP contribution in [-0.4, -0.2) is 16.8 Å². The molecule has 0 aliphatic carbocycles. The van der Waals surface area contributed by atoms with Crippen LogP contribution in [0.5, 0.6) is 0 Å². The number of aromatic nitrogens is 1. The first-order valence-electron chi connectivity index (χ1n) is 5.72. The van der Waals surface area contributed by atoms with Crippen molar-refractivity contribution in [1.82, 2.24) is 4.98 Å². The van der Waals surface area contributed by atoms with E-state index in [2.05, 4.69) is 26.2 Å². The van der Waals surface area contributed by atoms with Crippen LogP contribution >= 0.6 is 27.3 Å². The van der Waals surface area contributed by atoms with Gasteiger partial charge in [0.2, 0.25) is 0 Å². The largest absolute Gasteiger partial charge is 0.365 e. The number of nitrogens with one attached hydrogen (secondary N) is 1. The number of rotatable bonds is 3. The number of primary amides is 1. The molecule has 2 aromatic heterocycles. The minimum Gasteiger partial charge on any atom is -0.365 e. The molecule has 0 aliphatic heterocycles. The second-order valence-electron chi connectivity index (χ2n) is 4.20. The lowest BCUT2D eigenvalue weighted by Gasteiger charge is -2.05. The van der Waals surface area contributed by atoms with Gasteiger partial charge in [0.1, 0.15) is 5.00 Å². The van der Waals surface area contributed by atoms with Gasteiger partial charge in [-0.25, -0.2) is 0 Å². The third-order valence-electron chi connectivity index (χ3n) is 2.83. The molecule has 104 valence electrons. The maximum Gasteiger partial charge on any atom is 0.257 e. The minimum atomic E-state index is -0.547. The van der Waals surface area contributed by atoms with E-state index in [-0.39, 0.29) is 5.91 Å². The Hall–Kier alpha value is -1.73. The summed E-state index contributed by atoms with van der Waals surface area (Å²) in [4.78, 5) is 28.5. The molecule has 0 unspecified atom stereocenters. The molecular weight excluding hydrogens is 342 g/mol. The zero-order valence-corrected chi connectivity index (χ0v) is 13.3. The molecule has 0 radical (unpaired) electrons. The number of thiophene rings is 1. The number of pyridine rings is 1. The summed E-state index contributed by atoms with van der Waals surface area (Å²) in [5.74, 6) is -0.878. The van der Waals surface area contributed by atoms with Gasteiger partial charge < -0.3 is 11.1 Å². The molecule has 2 heterocycles. The van der Waals surface area contributed by atoms with Gasteiger partial charge in [-0.3, -0.25) is 14.6 Å². The lowest BCUT2D eigenvalue weighted by molar-refractivity contribution is 0.100. The lowest BCUT2D eigenvalue weighted by atomic mass is 10.1. The number of nitrogens with zero attached hydrogens (tertiary/aromatic N) is 1. The molecule has 0 atom stereocenters. The van der Waals surface area contributed by atoms with Gasteiger partial charge in [0.15, 0.2) is 0 Å². The van der Waals surface area contributed by atoms with Crippen LogP contribution < -0.4 is 11.1 Å². The highest BCUT2D eigenvalue weighted by Gasteiger charge is 2.19. The predicted octanol–water partition coefficient (Wildman–Crippen LogP) is 2.87. The summed E-state index contributed by atoms with van der Waals surface area (Å²) in [7, 11) is 0. The molecule has 7 heteroatoms. The third-order valence-corrected chi connectivity index (χ3v) is 4.38. The summed E-state index contributed by atoms with van der Waals surface area (Å²) >= 11 is 4.59. The number of amides is 2. The van der Waals surface area contributed by atoms with Gasteiger partial charge in [-0.15, -0.1) is 11.3 Å². The molecule has 2 rings (SSSR count). The van der Waals surface area contributed by atoms with Crippen LogP contribution in [0, 0.1) is 13.8 Å². The molecule has 0 aliphatic rings. The van der Waals surface area contributed by atoms with Crippen molar-refractivity contribution in [1.29, 1.82) is 0 Å². The maximum absolute atomic E-state index is 12.1. The lowest BCUT2D eigenvalue weighted by Crippen LogP contribution is -2.17. The molecular formula is C13H12BrN3O2S. The normalized spacial score (nSPS) is 10.3. The van der Waals surface area contributed by atoms with Crippen molar-refractivity contribution in [3.05, 3.63) is 44.5 Å². The third kappa shape index (κ3) is 2.88. The van der Waals surface area contributed by atoms with Gasteiger partial charge in [0.25, 0.3) is 11.8 Å². The van der Waals surface area contributed by atoms with Crippen molar-refractivity contribution in [2.75, 3.05) is 5.32 Å². The van der Waals surface area contributed by atoms with Gasteiger partial charge in [0.05, 0.1) is 11.1 Å². The van der Waals surface area contributed by atoms with E-state index in [1.165, 1.54) is 17.5 Å². The molecule has 2 amide bonds. The summed E-state index contributed by atoms with van der Waals surface area (Å²) in [5, 5.41) is 3.18. The number of anilines is 1. The van der Waals surface area contributed by atoms with E-state index in [1.54, 1.807) is 12.3 Å². The van der Waals surface area contributed by atoms with Gasteiger partial charge in [-0.05, 0) is 41.4 Å². The Morgan fingerprint density at radius 1 is 1.35 bits per heavy atom. The first-order valence-corrected chi connectivity index (χ1v) is 7.32. The van der Waals surface area contributed by atoms with Crippen molar-refractivity contribution in [2.24, 2.45) is 5.73 Å². The quantitative estimate of drug-likeness (QED) is 0.889. The summed E-state index contributed by atoms with van der Waals surface area (Å²) in [6.07, 6.45) is 3.04. The summed E-state index contributed by atoms with van der Waals surface area (Å²) in [6, 6.07) is 1.65. The Balaban J connectivity index is 2.33. The number of hydrogen-bond acceptors (Lipinski definition) is 4. The first kappa shape index (κ1) is 14.7. The Kier molecular flexibility index (Phi) is 4.20. The highest BCUT2D eigenvalue weighted by molar-refractivity contribution is 9.10. The molecule has 0 fully saturated rings. The van der Waals surface area contributed by atoms with E-state index in [0.29, 0.717) is 20.6 Å². The van der Waals surface area contributed by atoms with E-state index >= 15 is 0 Å². The fourth-order valence-corrected chi connectivity index (χ4v) is 3.15. The van der Waals surface area contributed by atoms with Crippen LogP contribution in [0.3, 0.4) is 0 Å². The van der Waals surface area contributed by atoms with E-state index in [1.807, 2.05) is 13.8 Å². The molecule has 2 aromatic rings. The average Bonchev–Trinajstić information content (AvgIpc) is 2.64. The summed E-state index contributed by atoms with van der Waals surface area (Å²) in [5.41, 5.74) is 6.93. The van der Waals surface area contributed by atoms with Crippen molar-refractivity contribution >= 4 is 44.1 Å². The monoisotopic (exact) mass is 353 g/mol. The van der Waals surface area contributed by atoms with Crippen LogP contribution in [0.25, 0.3) is 0 Å². The van der Waals surface area contributed by atoms with Crippen LogP contribution in [0.4, 0.5) is 5.00 Å². The number of hydrogen-bond donors (Lipinski definition) is 2. The van der Waals surface area contributed by atoms with Crippen LogP contribution in [-0.2, 0) is 0 Å². The Morgan fingerprint density at radius 3 is 2.65 bits per heavy atom. The standard InChI is InChI=1S/C13H12BrN3O2S/c1-6-7(2)20-13(10(6)11(15)18)17-12(19)8-3-9(14)5-16-4-8/h3-5H,1-2H3,(H2,15,18)(H,17,19). The molecule has 20 heavy (non-hydrogen) atoms. The number of nitrogens with two attached hydrogens (primary N) is 1. The topological polar surface area (TPSA) is 85.1 Å². The zero-order valence-electron chi connectivity index (χ0n) is 10.9. The van der Waals surface area contributed by atoms with Gasteiger partial charge in [0, 0.05) is 21.7 Å². The average molecular weight is 354 g/mol. The molecule has 0 saturated carbocycles. The highest BCUT2D eigenvalue weighted by atomic mass is 79.9. The molecule has 5 nitrogen and oxygen atoms in total. The van der Waals surface area contributed by atoms with E-state index in [4.69, 9.17) is 5.73 Å². The molecule has 0 aromatic carbocycles. The van der Waals surface area contributed by atoms with E-state index in [9.17, 15) is 9.59 Å². The SMILES string of the molecule is Cc1sc(NC(=O)c2cncc(Br)c2)c(C(N)=O)c1C. The van der Waals surface area contributed by atoms with Crippen molar-refractivity contribution < 1.29 is 9.59 Å². The fraction of sp³-hybridized carbons (Fsp3) is 0.154. The number of aryl methyl sites for hydroxylation is 1. The molecule has 0 bridgehead atoms. The van der Waals surface area contributed by atoms with E-state index < -0.39 is 5.91 Å². The Labute approximate surface area is 128 Å². The molecule has 0 saturated heterocycles. The van der Waals surface area contributed by atoms with Crippen molar-refractivity contribution in [3.63, 3.8) is 0 Å². The maximum atomic E-state index is 12.1. The van der Waals surface area contributed by atoms with Crippen molar-refractivity contribution in [2.45, 2.75) is 13.8 Å². The van der Waals surface area contributed by atoms with Gasteiger partial charge in [-0.1, -0.05) is 0 Å². The van der Waals surface area contributed by atoms with Crippen molar-refractivity contribution in [3.8, 4) is 0 Å². The fourth-order valence-electron chi connectivity index (χ4n) is 1.72. The van der Waals surface area contributed by atoms with Crippen LogP contribution in [0.1, 0.15) is 31.2 Å². The Bertz CT molecular complexity index is 697. The minimum absolute atomic E-state index is 0.331. The Morgan fingerprint density at radius 2 is 2.05 bits per heavy atom. The predicted molar refractivity (Wildman–Crippen MR) is 82.2 cm³/mol. The number of halogens is 1. The second-order valence-corrected chi connectivity index (χ2v) is 6.34. The zero-order chi connectivity index (χ0) is 14.9. The number of carbonyl (C=O) groups is 2. The second kappa shape index (κ2) is 5.72. The van der Waals surface area contributed by atoms with Crippen LogP contribution in [0.2, 0.25) is 0 Å². The van der Waals surface area contributed by atoms with Crippen LogP contribution in [0.15, 0.2) is 22.9 Å². The molecule has 3 N–H and O–H groups in total. The summed E-state index contributed by atoms with van der Waals surface area (Å²) < 4.78 is 0.707. The first-order chi connectivity index (χ1) is 9.40. The van der Waals surface area contributed by atoms with Gasteiger partial charge in [-0.2, -0.15) is 0 Å². The molecule has 0 spiro atoms. The number of carbonyl (C=O) groups excluding carboxylic acids is 2. The smallest absolute Gasteiger partial charge is 0.257 e. The summed E-state index contributed by atoms with van der Waals surface area (Å²) in [6.45, 7) is 3.69. The van der Waals surface area contributed by atoms with Gasteiger partial charge >= 0.3 is 0 Å². The highest BCUT2D eigenvalue weighted by Crippen LogP contribution is 2.32. The van der Waals surface area contributed by atoms with E-state index in [0.717, 1.165) is 10.4 Å².